The van der Waals surface area contributed by atoms with E-state index in [1.165, 1.54) is 43.7 Å². The molecule has 1 fully saturated rings. The number of nitrogen functional groups attached to an aromatic ring is 1. The van der Waals surface area contributed by atoms with E-state index in [9.17, 15) is 9.18 Å². The highest BCUT2D eigenvalue weighted by atomic mass is 19.1. The standard InChI is InChI=1S/C19H21FN2O2/c1-11-15(14(12-3-4-12)6-8-17(11)21)10-22-19(23)13-5-7-16(20)18(9-13)24-2/h5-9,12H,3-4,10,21H2,1-2H3,(H,22,23). The lowest BCUT2D eigenvalue weighted by Gasteiger charge is -2.15. The average Bonchev–Trinajstić information content (AvgIpc) is 3.41. The largest absolute Gasteiger partial charge is 0.494 e. The Morgan fingerprint density at radius 3 is 2.75 bits per heavy atom. The first-order chi connectivity index (χ1) is 11.5. The number of hydrogen-bond donors (Lipinski definition) is 2. The lowest BCUT2D eigenvalue weighted by atomic mass is 9.97. The molecule has 0 spiro atoms. The minimum atomic E-state index is -0.489. The molecule has 0 aliphatic heterocycles. The van der Waals surface area contributed by atoms with Crippen LogP contribution in [0.25, 0.3) is 0 Å². The number of carbonyl (C=O) groups is 1. The summed E-state index contributed by atoms with van der Waals surface area (Å²) in [4.78, 5) is 12.4. The Balaban J connectivity index is 1.78. The van der Waals surface area contributed by atoms with Crippen LogP contribution in [0.1, 0.15) is 45.8 Å². The summed E-state index contributed by atoms with van der Waals surface area (Å²) in [7, 11) is 1.37. The number of benzene rings is 2. The Morgan fingerprint density at radius 1 is 1.33 bits per heavy atom. The quantitative estimate of drug-likeness (QED) is 0.825. The van der Waals surface area contributed by atoms with E-state index in [0.29, 0.717) is 18.0 Å². The second kappa shape index (κ2) is 6.51. The number of anilines is 1. The van der Waals surface area contributed by atoms with Gasteiger partial charge in [-0.1, -0.05) is 6.07 Å². The molecule has 5 heteroatoms. The zero-order chi connectivity index (χ0) is 17.3. The number of rotatable bonds is 5. The zero-order valence-electron chi connectivity index (χ0n) is 13.9. The van der Waals surface area contributed by atoms with Crippen LogP contribution < -0.4 is 15.8 Å². The van der Waals surface area contributed by atoms with Crippen LogP contribution in [0.5, 0.6) is 5.75 Å². The molecule has 126 valence electrons. The van der Waals surface area contributed by atoms with Gasteiger partial charge in [-0.05, 0) is 66.6 Å². The predicted molar refractivity (Wildman–Crippen MR) is 91.7 cm³/mol. The van der Waals surface area contributed by atoms with Crippen LogP contribution in [0.3, 0.4) is 0 Å². The summed E-state index contributed by atoms with van der Waals surface area (Å²) >= 11 is 0. The fourth-order valence-corrected chi connectivity index (χ4v) is 2.88. The van der Waals surface area contributed by atoms with E-state index in [4.69, 9.17) is 10.5 Å². The van der Waals surface area contributed by atoms with Gasteiger partial charge >= 0.3 is 0 Å². The third-order valence-electron chi connectivity index (χ3n) is 4.53. The monoisotopic (exact) mass is 328 g/mol. The van der Waals surface area contributed by atoms with Gasteiger partial charge in [0, 0.05) is 17.8 Å². The Morgan fingerprint density at radius 2 is 2.08 bits per heavy atom. The molecule has 1 aliphatic rings. The van der Waals surface area contributed by atoms with E-state index < -0.39 is 5.82 Å². The van der Waals surface area contributed by atoms with E-state index in [2.05, 4.69) is 11.4 Å². The molecule has 0 unspecified atom stereocenters. The highest BCUT2D eigenvalue weighted by Crippen LogP contribution is 2.43. The third-order valence-corrected chi connectivity index (χ3v) is 4.53. The molecule has 2 aromatic rings. The maximum absolute atomic E-state index is 13.5. The van der Waals surface area contributed by atoms with Gasteiger partial charge in [-0.25, -0.2) is 4.39 Å². The molecule has 24 heavy (non-hydrogen) atoms. The van der Waals surface area contributed by atoms with Crippen molar-refractivity contribution in [2.75, 3.05) is 12.8 Å². The highest BCUT2D eigenvalue weighted by molar-refractivity contribution is 5.94. The van der Waals surface area contributed by atoms with Gasteiger partial charge in [0.1, 0.15) is 0 Å². The fourth-order valence-electron chi connectivity index (χ4n) is 2.88. The molecule has 0 bridgehead atoms. The van der Waals surface area contributed by atoms with Crippen molar-refractivity contribution in [3.05, 3.63) is 58.4 Å². The Bertz CT molecular complexity index is 785. The SMILES string of the molecule is COc1cc(C(=O)NCc2c(C3CC3)ccc(N)c2C)ccc1F. The molecule has 1 saturated carbocycles. The summed E-state index contributed by atoms with van der Waals surface area (Å²) < 4.78 is 18.4. The van der Waals surface area contributed by atoms with Crippen molar-refractivity contribution in [2.24, 2.45) is 0 Å². The van der Waals surface area contributed by atoms with Crippen molar-refractivity contribution < 1.29 is 13.9 Å². The summed E-state index contributed by atoms with van der Waals surface area (Å²) in [6.07, 6.45) is 2.36. The molecule has 0 atom stereocenters. The van der Waals surface area contributed by atoms with Crippen LogP contribution in [0.15, 0.2) is 30.3 Å². The molecule has 2 aromatic carbocycles. The van der Waals surface area contributed by atoms with Crippen molar-refractivity contribution in [3.63, 3.8) is 0 Å². The van der Waals surface area contributed by atoms with Gasteiger partial charge in [0.25, 0.3) is 5.91 Å². The smallest absolute Gasteiger partial charge is 0.251 e. The Kier molecular flexibility index (Phi) is 4.42. The molecule has 1 aliphatic carbocycles. The number of halogens is 1. The molecule has 1 amide bonds. The topological polar surface area (TPSA) is 64.3 Å². The van der Waals surface area contributed by atoms with Gasteiger partial charge in [0.05, 0.1) is 7.11 Å². The second-order valence-electron chi connectivity index (χ2n) is 6.15. The van der Waals surface area contributed by atoms with Crippen LogP contribution >= 0.6 is 0 Å². The summed E-state index contributed by atoms with van der Waals surface area (Å²) in [5.74, 6) is -0.128. The molecular weight excluding hydrogens is 307 g/mol. The molecule has 3 N–H and O–H groups in total. The number of nitrogens with two attached hydrogens (primary N) is 1. The van der Waals surface area contributed by atoms with Crippen LogP contribution in [0, 0.1) is 12.7 Å². The minimum Gasteiger partial charge on any atom is -0.494 e. The first kappa shape index (κ1) is 16.3. The zero-order valence-corrected chi connectivity index (χ0v) is 13.9. The highest BCUT2D eigenvalue weighted by Gasteiger charge is 2.27. The van der Waals surface area contributed by atoms with E-state index in [-0.39, 0.29) is 11.7 Å². The normalized spacial score (nSPS) is 13.6. The number of ether oxygens (including phenoxy) is 1. The predicted octanol–water partition coefficient (Wildman–Crippen LogP) is 3.53. The molecule has 0 aromatic heterocycles. The summed E-state index contributed by atoms with van der Waals surface area (Å²) in [5, 5.41) is 2.90. The summed E-state index contributed by atoms with van der Waals surface area (Å²) in [6.45, 7) is 2.38. The van der Waals surface area contributed by atoms with E-state index >= 15 is 0 Å². The number of carbonyl (C=O) groups excluding carboxylic acids is 1. The van der Waals surface area contributed by atoms with Gasteiger partial charge in [0.15, 0.2) is 11.6 Å². The fraction of sp³-hybridized carbons (Fsp3) is 0.316. The van der Waals surface area contributed by atoms with Crippen LogP contribution in [0.2, 0.25) is 0 Å². The van der Waals surface area contributed by atoms with Crippen molar-refractivity contribution in [2.45, 2.75) is 32.2 Å². The van der Waals surface area contributed by atoms with Crippen molar-refractivity contribution in [1.82, 2.24) is 5.32 Å². The third kappa shape index (κ3) is 3.20. The second-order valence-corrected chi connectivity index (χ2v) is 6.15. The molecule has 0 saturated heterocycles. The summed E-state index contributed by atoms with van der Waals surface area (Å²) in [6, 6.07) is 8.07. The molecule has 0 radical (unpaired) electrons. The number of amides is 1. The van der Waals surface area contributed by atoms with E-state index in [1.54, 1.807) is 0 Å². The van der Waals surface area contributed by atoms with Gasteiger partial charge in [-0.15, -0.1) is 0 Å². The minimum absolute atomic E-state index is 0.0569. The average molecular weight is 328 g/mol. The van der Waals surface area contributed by atoms with Crippen molar-refractivity contribution >= 4 is 11.6 Å². The van der Waals surface area contributed by atoms with E-state index in [1.807, 2.05) is 13.0 Å². The summed E-state index contributed by atoms with van der Waals surface area (Å²) in [5.41, 5.74) is 10.5. The van der Waals surface area contributed by atoms with Crippen molar-refractivity contribution in [3.8, 4) is 5.75 Å². The van der Waals surface area contributed by atoms with Gasteiger partial charge < -0.3 is 15.8 Å². The van der Waals surface area contributed by atoms with Crippen LogP contribution in [-0.2, 0) is 6.54 Å². The number of methoxy groups -OCH3 is 1. The van der Waals surface area contributed by atoms with Crippen LogP contribution in [-0.4, -0.2) is 13.0 Å². The van der Waals surface area contributed by atoms with Crippen molar-refractivity contribution in [1.29, 1.82) is 0 Å². The Labute approximate surface area is 140 Å². The molecular formula is C19H21FN2O2. The first-order valence-electron chi connectivity index (χ1n) is 8.01. The first-order valence-corrected chi connectivity index (χ1v) is 8.01. The van der Waals surface area contributed by atoms with E-state index in [0.717, 1.165) is 16.8 Å². The number of nitrogens with one attached hydrogen (secondary N) is 1. The lowest BCUT2D eigenvalue weighted by Crippen LogP contribution is -2.24. The maximum atomic E-state index is 13.5. The van der Waals surface area contributed by atoms with Gasteiger partial charge in [-0.3, -0.25) is 4.79 Å². The maximum Gasteiger partial charge on any atom is 0.251 e. The van der Waals surface area contributed by atoms with Gasteiger partial charge in [0.2, 0.25) is 0 Å². The Hall–Kier alpha value is -2.56. The molecule has 4 nitrogen and oxygen atoms in total. The molecule has 3 rings (SSSR count). The molecule has 0 heterocycles. The number of hydrogen-bond acceptors (Lipinski definition) is 3. The van der Waals surface area contributed by atoms with Crippen LogP contribution in [0.4, 0.5) is 10.1 Å². The lowest BCUT2D eigenvalue weighted by molar-refractivity contribution is 0.0950. The van der Waals surface area contributed by atoms with Gasteiger partial charge in [-0.2, -0.15) is 0 Å².